The molecular formula is C13H20N2O. The number of benzene rings is 1. The minimum atomic E-state index is 0.120. The molecule has 16 heavy (non-hydrogen) atoms. The Morgan fingerprint density at radius 2 is 2.00 bits per heavy atom. The van der Waals surface area contributed by atoms with E-state index in [9.17, 15) is 0 Å². The van der Waals surface area contributed by atoms with Crippen molar-refractivity contribution >= 4 is 0 Å². The van der Waals surface area contributed by atoms with Crippen LogP contribution < -0.4 is 10.6 Å². The second-order valence-corrected chi connectivity index (χ2v) is 4.82. The normalized spacial score (nSPS) is 24.9. The molecule has 1 fully saturated rings. The van der Waals surface area contributed by atoms with Gasteiger partial charge in [0.15, 0.2) is 0 Å². The van der Waals surface area contributed by atoms with Crippen molar-refractivity contribution in [2.24, 2.45) is 0 Å². The van der Waals surface area contributed by atoms with E-state index in [1.807, 2.05) is 12.1 Å². The van der Waals surface area contributed by atoms with Gasteiger partial charge in [0, 0.05) is 18.6 Å². The molecule has 3 nitrogen and oxygen atoms in total. The third-order valence-electron chi connectivity index (χ3n) is 3.29. The van der Waals surface area contributed by atoms with Gasteiger partial charge in [0.05, 0.1) is 6.61 Å². The zero-order chi connectivity index (χ0) is 11.4. The SMILES string of the molecule is CC1(NCc2ccc(CO)cc2)CCNC1. The molecule has 3 heteroatoms. The van der Waals surface area contributed by atoms with Crippen molar-refractivity contribution < 1.29 is 5.11 Å². The summed E-state index contributed by atoms with van der Waals surface area (Å²) in [7, 11) is 0. The summed E-state index contributed by atoms with van der Waals surface area (Å²) in [5.74, 6) is 0. The number of aliphatic hydroxyl groups excluding tert-OH is 1. The average Bonchev–Trinajstić information content (AvgIpc) is 2.75. The van der Waals surface area contributed by atoms with E-state index in [1.54, 1.807) is 0 Å². The molecule has 0 aromatic heterocycles. The van der Waals surface area contributed by atoms with E-state index >= 15 is 0 Å². The Balaban J connectivity index is 1.89. The lowest BCUT2D eigenvalue weighted by Gasteiger charge is -2.24. The monoisotopic (exact) mass is 220 g/mol. The summed E-state index contributed by atoms with van der Waals surface area (Å²) in [4.78, 5) is 0. The zero-order valence-electron chi connectivity index (χ0n) is 9.79. The van der Waals surface area contributed by atoms with E-state index in [4.69, 9.17) is 5.11 Å². The minimum absolute atomic E-state index is 0.120. The number of rotatable bonds is 4. The van der Waals surface area contributed by atoms with Gasteiger partial charge in [0.2, 0.25) is 0 Å². The van der Waals surface area contributed by atoms with Gasteiger partial charge < -0.3 is 15.7 Å². The Kier molecular flexibility index (Phi) is 3.59. The first-order valence-electron chi connectivity index (χ1n) is 5.86. The highest BCUT2D eigenvalue weighted by Gasteiger charge is 2.27. The van der Waals surface area contributed by atoms with Gasteiger partial charge in [0.1, 0.15) is 0 Å². The molecule has 0 saturated carbocycles. The maximum Gasteiger partial charge on any atom is 0.0681 e. The van der Waals surface area contributed by atoms with Crippen LogP contribution in [0, 0.1) is 0 Å². The number of nitrogens with one attached hydrogen (secondary N) is 2. The van der Waals surface area contributed by atoms with E-state index < -0.39 is 0 Å². The second-order valence-electron chi connectivity index (χ2n) is 4.82. The molecule has 1 saturated heterocycles. The zero-order valence-corrected chi connectivity index (χ0v) is 9.79. The molecule has 1 aromatic rings. The Morgan fingerprint density at radius 1 is 1.31 bits per heavy atom. The standard InChI is InChI=1S/C13H20N2O/c1-13(6-7-14-10-13)15-8-11-2-4-12(9-16)5-3-11/h2-5,14-16H,6-10H2,1H3. The molecule has 3 N–H and O–H groups in total. The largest absolute Gasteiger partial charge is 0.392 e. The molecule has 1 aliphatic rings. The third kappa shape index (κ3) is 2.82. The first-order chi connectivity index (χ1) is 7.72. The van der Waals surface area contributed by atoms with Gasteiger partial charge in [-0.05, 0) is 31.0 Å². The molecule has 2 rings (SSSR count). The Morgan fingerprint density at radius 3 is 2.56 bits per heavy atom. The molecule has 0 aliphatic carbocycles. The molecule has 0 radical (unpaired) electrons. The maximum absolute atomic E-state index is 8.95. The van der Waals surface area contributed by atoms with Crippen LogP contribution in [0.3, 0.4) is 0 Å². The van der Waals surface area contributed by atoms with Crippen LogP contribution in [-0.2, 0) is 13.2 Å². The van der Waals surface area contributed by atoms with Crippen LogP contribution in [-0.4, -0.2) is 23.7 Å². The lowest BCUT2D eigenvalue weighted by molar-refractivity contribution is 0.282. The smallest absolute Gasteiger partial charge is 0.0681 e. The summed E-state index contributed by atoms with van der Waals surface area (Å²) in [5.41, 5.74) is 2.47. The second kappa shape index (κ2) is 4.95. The fourth-order valence-corrected chi connectivity index (χ4v) is 2.05. The van der Waals surface area contributed by atoms with Gasteiger partial charge in [-0.25, -0.2) is 0 Å². The van der Waals surface area contributed by atoms with Crippen molar-refractivity contribution in [2.75, 3.05) is 13.1 Å². The predicted octanol–water partition coefficient (Wildman–Crippen LogP) is 1.02. The molecular weight excluding hydrogens is 200 g/mol. The van der Waals surface area contributed by atoms with Gasteiger partial charge >= 0.3 is 0 Å². The van der Waals surface area contributed by atoms with Crippen LogP contribution in [0.25, 0.3) is 0 Å². The molecule has 0 spiro atoms. The van der Waals surface area contributed by atoms with Crippen molar-refractivity contribution in [1.82, 2.24) is 10.6 Å². The maximum atomic E-state index is 8.95. The summed E-state index contributed by atoms with van der Waals surface area (Å²) >= 11 is 0. The summed E-state index contributed by atoms with van der Waals surface area (Å²) < 4.78 is 0. The van der Waals surface area contributed by atoms with Crippen molar-refractivity contribution in [3.8, 4) is 0 Å². The van der Waals surface area contributed by atoms with E-state index in [1.165, 1.54) is 12.0 Å². The molecule has 0 bridgehead atoms. The number of aliphatic hydroxyl groups is 1. The lowest BCUT2D eigenvalue weighted by Crippen LogP contribution is -2.43. The molecule has 1 unspecified atom stereocenters. The molecule has 1 heterocycles. The summed E-state index contributed by atoms with van der Waals surface area (Å²) in [6.07, 6.45) is 1.18. The summed E-state index contributed by atoms with van der Waals surface area (Å²) in [5, 5.41) is 15.9. The topological polar surface area (TPSA) is 44.3 Å². The van der Waals surface area contributed by atoms with Crippen molar-refractivity contribution in [3.05, 3.63) is 35.4 Å². The summed E-state index contributed by atoms with van der Waals surface area (Å²) in [6.45, 7) is 5.42. The van der Waals surface area contributed by atoms with Crippen LogP contribution in [0.5, 0.6) is 0 Å². The molecule has 1 aliphatic heterocycles. The highest BCUT2D eigenvalue weighted by atomic mass is 16.3. The first-order valence-corrected chi connectivity index (χ1v) is 5.86. The van der Waals surface area contributed by atoms with Crippen molar-refractivity contribution in [3.63, 3.8) is 0 Å². The third-order valence-corrected chi connectivity index (χ3v) is 3.29. The first kappa shape index (κ1) is 11.6. The molecule has 0 amide bonds. The van der Waals surface area contributed by atoms with Crippen molar-refractivity contribution in [2.45, 2.75) is 32.0 Å². The molecule has 1 atom stereocenters. The Hall–Kier alpha value is -0.900. The van der Waals surface area contributed by atoms with E-state index in [2.05, 4.69) is 29.7 Å². The van der Waals surface area contributed by atoms with Crippen molar-refractivity contribution in [1.29, 1.82) is 0 Å². The van der Waals surface area contributed by atoms with Crippen LogP contribution in [0.4, 0.5) is 0 Å². The van der Waals surface area contributed by atoms with Gasteiger partial charge in [-0.15, -0.1) is 0 Å². The van der Waals surface area contributed by atoms with Crippen LogP contribution >= 0.6 is 0 Å². The quantitative estimate of drug-likeness (QED) is 0.710. The van der Waals surface area contributed by atoms with Crippen LogP contribution in [0.15, 0.2) is 24.3 Å². The van der Waals surface area contributed by atoms with E-state index in [0.717, 1.165) is 25.2 Å². The van der Waals surface area contributed by atoms with Crippen LogP contribution in [0.1, 0.15) is 24.5 Å². The van der Waals surface area contributed by atoms with E-state index in [0.29, 0.717) is 0 Å². The lowest BCUT2D eigenvalue weighted by atomic mass is 10.0. The van der Waals surface area contributed by atoms with E-state index in [-0.39, 0.29) is 12.1 Å². The van der Waals surface area contributed by atoms with Gasteiger partial charge in [-0.3, -0.25) is 0 Å². The van der Waals surface area contributed by atoms with Gasteiger partial charge in [0.25, 0.3) is 0 Å². The highest BCUT2D eigenvalue weighted by Crippen LogP contribution is 2.14. The average molecular weight is 220 g/mol. The fourth-order valence-electron chi connectivity index (χ4n) is 2.05. The Labute approximate surface area is 96.9 Å². The molecule has 1 aromatic carbocycles. The Bertz CT molecular complexity index is 328. The van der Waals surface area contributed by atoms with Gasteiger partial charge in [-0.1, -0.05) is 24.3 Å². The molecule has 88 valence electrons. The van der Waals surface area contributed by atoms with Crippen LogP contribution in [0.2, 0.25) is 0 Å². The van der Waals surface area contributed by atoms with Gasteiger partial charge in [-0.2, -0.15) is 0 Å². The summed E-state index contributed by atoms with van der Waals surface area (Å²) in [6, 6.07) is 8.10. The number of hydrogen-bond donors (Lipinski definition) is 3. The highest BCUT2D eigenvalue weighted by molar-refractivity contribution is 5.22. The number of hydrogen-bond acceptors (Lipinski definition) is 3. The fraction of sp³-hybridized carbons (Fsp3) is 0.538. The predicted molar refractivity (Wildman–Crippen MR) is 65.1 cm³/mol. The minimum Gasteiger partial charge on any atom is -0.392 e.